The predicted molar refractivity (Wildman–Crippen MR) is 95.6 cm³/mol. The minimum atomic E-state index is -0.114. The zero-order valence-corrected chi connectivity index (χ0v) is 14.1. The number of nitrogens with one attached hydrogen (secondary N) is 3. The van der Waals surface area contributed by atoms with Crippen LogP contribution >= 0.6 is 11.8 Å². The van der Waals surface area contributed by atoms with Gasteiger partial charge in [-0.25, -0.2) is 0 Å². The van der Waals surface area contributed by atoms with Gasteiger partial charge in [-0.2, -0.15) is 11.8 Å². The number of hydrogen-bond donors (Lipinski definition) is 3. The number of nitrogens with zero attached hydrogens (tertiary/aromatic N) is 1. The molecule has 0 fully saturated rings. The quantitative estimate of drug-likeness (QED) is 0.589. The van der Waals surface area contributed by atoms with Crippen LogP contribution in [0.3, 0.4) is 0 Å². The molecule has 3 N–H and O–H groups in total. The molecule has 1 aliphatic heterocycles. The Balaban J connectivity index is 1.54. The summed E-state index contributed by atoms with van der Waals surface area (Å²) in [4.78, 5) is 24.9. The molecular formula is C16H23N4O2S. The fourth-order valence-electron chi connectivity index (χ4n) is 2.30. The van der Waals surface area contributed by atoms with Gasteiger partial charge < -0.3 is 20.9 Å². The summed E-state index contributed by atoms with van der Waals surface area (Å²) in [6, 6.07) is 8.24. The molecule has 0 saturated heterocycles. The highest BCUT2D eigenvalue weighted by molar-refractivity contribution is 8.00. The lowest BCUT2D eigenvalue weighted by atomic mass is 10.2. The third kappa shape index (κ3) is 5.67. The predicted octanol–water partition coefficient (Wildman–Crippen LogP) is 1.07. The Kier molecular flexibility index (Phi) is 7.06. The van der Waals surface area contributed by atoms with Crippen LogP contribution in [0, 0.1) is 6.42 Å². The molecule has 1 aromatic rings. The molecule has 0 saturated carbocycles. The van der Waals surface area contributed by atoms with E-state index in [9.17, 15) is 9.59 Å². The van der Waals surface area contributed by atoms with E-state index in [1.807, 2.05) is 12.1 Å². The smallest absolute Gasteiger partial charge is 0.229 e. The molecule has 0 bridgehead atoms. The molecule has 0 unspecified atom stereocenters. The fraction of sp³-hybridized carbons (Fsp3) is 0.438. The number of carbonyl (C=O) groups is 2. The number of thioether (sulfide) groups is 1. The highest BCUT2D eigenvalue weighted by atomic mass is 32.2. The molecule has 2 amide bonds. The van der Waals surface area contributed by atoms with Crippen molar-refractivity contribution < 1.29 is 9.59 Å². The van der Waals surface area contributed by atoms with E-state index in [4.69, 9.17) is 0 Å². The van der Waals surface area contributed by atoms with Crippen LogP contribution in [-0.4, -0.2) is 50.1 Å². The first-order valence-electron chi connectivity index (χ1n) is 7.68. The number of amides is 2. The van der Waals surface area contributed by atoms with Crippen molar-refractivity contribution in [2.75, 3.05) is 48.5 Å². The van der Waals surface area contributed by atoms with Crippen LogP contribution in [0.25, 0.3) is 0 Å². The second-order valence-corrected chi connectivity index (χ2v) is 6.18. The molecule has 1 radical (unpaired) electrons. The number of benzene rings is 1. The molecule has 0 spiro atoms. The van der Waals surface area contributed by atoms with Crippen LogP contribution < -0.4 is 20.9 Å². The Morgan fingerprint density at radius 2 is 2.22 bits per heavy atom. The van der Waals surface area contributed by atoms with Gasteiger partial charge in [0.15, 0.2) is 0 Å². The third-order valence-electron chi connectivity index (χ3n) is 3.50. The van der Waals surface area contributed by atoms with Gasteiger partial charge in [0.25, 0.3) is 0 Å². The summed E-state index contributed by atoms with van der Waals surface area (Å²) in [7, 11) is 1.59. The molecule has 7 heteroatoms. The van der Waals surface area contributed by atoms with E-state index in [1.165, 1.54) is 29.6 Å². The van der Waals surface area contributed by atoms with Gasteiger partial charge in [0.2, 0.25) is 11.8 Å². The van der Waals surface area contributed by atoms with Gasteiger partial charge in [-0.3, -0.25) is 9.59 Å². The molecule has 2 rings (SSSR count). The maximum atomic E-state index is 11.7. The van der Waals surface area contributed by atoms with Gasteiger partial charge in [-0.1, -0.05) is 12.1 Å². The van der Waals surface area contributed by atoms with Crippen molar-refractivity contribution in [2.24, 2.45) is 0 Å². The molecule has 1 heterocycles. The Bertz CT molecular complexity index is 539. The molecule has 0 aliphatic carbocycles. The van der Waals surface area contributed by atoms with Crippen LogP contribution in [0.15, 0.2) is 24.3 Å². The Hall–Kier alpha value is -1.89. The normalized spacial score (nSPS) is 12.5. The van der Waals surface area contributed by atoms with Crippen molar-refractivity contribution in [3.63, 3.8) is 0 Å². The van der Waals surface area contributed by atoms with Crippen LogP contribution in [0.1, 0.15) is 6.42 Å². The summed E-state index contributed by atoms with van der Waals surface area (Å²) < 4.78 is 0. The molecule has 0 atom stereocenters. The lowest BCUT2D eigenvalue weighted by Gasteiger charge is -2.17. The highest BCUT2D eigenvalue weighted by Gasteiger charge is 2.16. The van der Waals surface area contributed by atoms with Crippen molar-refractivity contribution in [1.82, 2.24) is 10.6 Å². The molecule has 6 nitrogen and oxygen atoms in total. The average Bonchev–Trinajstić information content (AvgIpc) is 2.98. The van der Waals surface area contributed by atoms with Gasteiger partial charge >= 0.3 is 0 Å². The maximum absolute atomic E-state index is 11.7. The number of rotatable bonds is 9. The summed E-state index contributed by atoms with van der Waals surface area (Å²) in [5.74, 6) is 0.822. The van der Waals surface area contributed by atoms with E-state index >= 15 is 0 Å². The standard InChI is InChI=1S/C16H23N4O2S/c1-17-15(21)7-10-23-11-16(22)18-8-4-9-20-12-19-13-5-2-3-6-14(13)20/h2-3,5-7,19H,4,8-12H2,1H3,(H,17,21)(H,18,22). The number of fused-ring (bicyclic) bond motifs is 1. The van der Waals surface area contributed by atoms with Crippen LogP contribution in [0.2, 0.25) is 0 Å². The van der Waals surface area contributed by atoms with Crippen molar-refractivity contribution in [3.8, 4) is 0 Å². The third-order valence-corrected chi connectivity index (χ3v) is 4.37. The first-order chi connectivity index (χ1) is 11.2. The summed E-state index contributed by atoms with van der Waals surface area (Å²) in [6.45, 7) is 2.39. The topological polar surface area (TPSA) is 73.5 Å². The molecular weight excluding hydrogens is 312 g/mol. The van der Waals surface area contributed by atoms with E-state index in [1.54, 1.807) is 7.05 Å². The SMILES string of the molecule is CNC(=O)[CH]CSCC(=O)NCCCN1CNc2ccccc21. The molecule has 1 aliphatic rings. The van der Waals surface area contributed by atoms with Gasteiger partial charge in [-0.05, 0) is 18.6 Å². The Morgan fingerprint density at radius 1 is 1.39 bits per heavy atom. The largest absolute Gasteiger partial charge is 0.366 e. The monoisotopic (exact) mass is 335 g/mol. The number of carbonyl (C=O) groups excluding carboxylic acids is 2. The van der Waals surface area contributed by atoms with Crippen LogP contribution in [-0.2, 0) is 9.59 Å². The van der Waals surface area contributed by atoms with E-state index in [2.05, 4.69) is 33.0 Å². The van der Waals surface area contributed by atoms with Crippen molar-refractivity contribution in [1.29, 1.82) is 0 Å². The second-order valence-electron chi connectivity index (χ2n) is 5.15. The Morgan fingerprint density at radius 3 is 3.04 bits per heavy atom. The summed E-state index contributed by atoms with van der Waals surface area (Å²) in [5.41, 5.74) is 2.39. The van der Waals surface area contributed by atoms with Gasteiger partial charge in [-0.15, -0.1) is 0 Å². The van der Waals surface area contributed by atoms with Crippen LogP contribution in [0.5, 0.6) is 0 Å². The average molecular weight is 335 g/mol. The molecule has 1 aromatic carbocycles. The van der Waals surface area contributed by atoms with Crippen molar-refractivity contribution in [3.05, 3.63) is 30.7 Å². The summed E-state index contributed by atoms with van der Waals surface area (Å²) >= 11 is 1.43. The maximum Gasteiger partial charge on any atom is 0.229 e. The van der Waals surface area contributed by atoms with E-state index in [-0.39, 0.29) is 11.8 Å². The first kappa shape index (κ1) is 17.5. The number of para-hydroxylation sites is 2. The number of hydrogen-bond acceptors (Lipinski definition) is 5. The van der Waals surface area contributed by atoms with E-state index in [0.717, 1.165) is 19.6 Å². The van der Waals surface area contributed by atoms with Gasteiger partial charge in [0.05, 0.1) is 30.2 Å². The lowest BCUT2D eigenvalue weighted by Crippen LogP contribution is -2.30. The minimum Gasteiger partial charge on any atom is -0.366 e. The van der Waals surface area contributed by atoms with Crippen molar-refractivity contribution >= 4 is 35.0 Å². The van der Waals surface area contributed by atoms with Crippen molar-refractivity contribution in [2.45, 2.75) is 6.42 Å². The first-order valence-corrected chi connectivity index (χ1v) is 8.83. The molecule has 125 valence electrons. The van der Waals surface area contributed by atoms with E-state index < -0.39 is 0 Å². The molecule has 0 aromatic heterocycles. The zero-order chi connectivity index (χ0) is 16.5. The second kappa shape index (κ2) is 9.29. The highest BCUT2D eigenvalue weighted by Crippen LogP contribution is 2.30. The molecule has 23 heavy (non-hydrogen) atoms. The Labute approximate surface area is 141 Å². The van der Waals surface area contributed by atoms with E-state index in [0.29, 0.717) is 18.1 Å². The zero-order valence-electron chi connectivity index (χ0n) is 13.3. The summed E-state index contributed by atoms with van der Waals surface area (Å²) in [5, 5.41) is 8.77. The van der Waals surface area contributed by atoms with Crippen LogP contribution in [0.4, 0.5) is 11.4 Å². The van der Waals surface area contributed by atoms with Gasteiger partial charge in [0, 0.05) is 25.9 Å². The minimum absolute atomic E-state index is 0.0141. The summed E-state index contributed by atoms with van der Waals surface area (Å²) in [6.07, 6.45) is 2.44. The fourth-order valence-corrected chi connectivity index (χ4v) is 2.98. The lowest BCUT2D eigenvalue weighted by molar-refractivity contribution is -0.119. The number of anilines is 2. The van der Waals surface area contributed by atoms with Gasteiger partial charge in [0.1, 0.15) is 0 Å².